The second kappa shape index (κ2) is 2.75. The topological polar surface area (TPSA) is 17.1 Å². The van der Waals surface area contributed by atoms with E-state index in [1.165, 1.54) is 0 Å². The summed E-state index contributed by atoms with van der Waals surface area (Å²) < 4.78 is 11.3. The Hall–Kier alpha value is -0.290. The van der Waals surface area contributed by atoms with Crippen molar-refractivity contribution >= 4 is 10.8 Å². The van der Waals surface area contributed by atoms with Crippen LogP contribution in [0.1, 0.15) is 20.3 Å². The Balaban J connectivity index is 2.73. The van der Waals surface area contributed by atoms with E-state index in [1.807, 2.05) is 13.8 Å². The smallest absolute Gasteiger partial charge is 0.0460 e. The van der Waals surface area contributed by atoms with Crippen LogP contribution in [0.2, 0.25) is 0 Å². The predicted molar refractivity (Wildman–Crippen MR) is 44.0 cm³/mol. The Morgan fingerprint density at radius 3 is 2.40 bits per heavy atom. The van der Waals surface area contributed by atoms with E-state index in [0.29, 0.717) is 5.25 Å². The molecule has 0 aromatic rings. The Bertz CT molecular complexity index is 192. The van der Waals surface area contributed by atoms with E-state index in [0.717, 1.165) is 6.42 Å². The highest BCUT2D eigenvalue weighted by atomic mass is 32.2. The first-order chi connectivity index (χ1) is 4.66. The molecule has 0 spiro atoms. The standard InChI is InChI=1S/C8H12OS/c1-4-8-5-6(2)10(9)7(8)3/h1,6-8H,5H2,2-3H3. The molecule has 0 amide bonds. The third-order valence-electron chi connectivity index (χ3n) is 2.13. The Morgan fingerprint density at radius 2 is 2.20 bits per heavy atom. The van der Waals surface area contributed by atoms with E-state index in [4.69, 9.17) is 6.42 Å². The van der Waals surface area contributed by atoms with Crippen LogP contribution in [-0.4, -0.2) is 14.7 Å². The normalized spacial score (nSPS) is 46.9. The lowest BCUT2D eigenvalue weighted by Crippen LogP contribution is -2.12. The molecular weight excluding hydrogens is 144 g/mol. The molecule has 2 heteroatoms. The van der Waals surface area contributed by atoms with Gasteiger partial charge in [-0.3, -0.25) is 4.21 Å². The van der Waals surface area contributed by atoms with E-state index in [1.54, 1.807) is 0 Å². The summed E-state index contributed by atoms with van der Waals surface area (Å²) in [5.41, 5.74) is 0. The van der Waals surface area contributed by atoms with Crippen LogP contribution in [0.15, 0.2) is 0 Å². The molecular formula is C8H12OS. The highest BCUT2D eigenvalue weighted by molar-refractivity contribution is 7.86. The van der Waals surface area contributed by atoms with E-state index in [2.05, 4.69) is 5.92 Å². The molecule has 1 aliphatic rings. The molecule has 0 N–H and O–H groups in total. The zero-order valence-electron chi connectivity index (χ0n) is 6.33. The van der Waals surface area contributed by atoms with Crippen LogP contribution in [0.3, 0.4) is 0 Å². The van der Waals surface area contributed by atoms with Crippen molar-refractivity contribution in [1.29, 1.82) is 0 Å². The van der Waals surface area contributed by atoms with E-state index >= 15 is 0 Å². The lowest BCUT2D eigenvalue weighted by Gasteiger charge is -2.03. The summed E-state index contributed by atoms with van der Waals surface area (Å²) in [7, 11) is -0.685. The van der Waals surface area contributed by atoms with Crippen LogP contribution in [-0.2, 0) is 10.8 Å². The van der Waals surface area contributed by atoms with E-state index < -0.39 is 10.8 Å². The van der Waals surface area contributed by atoms with Crippen LogP contribution in [0.25, 0.3) is 0 Å². The fourth-order valence-corrected chi connectivity index (χ4v) is 3.02. The Kier molecular flexibility index (Phi) is 2.15. The molecule has 0 aromatic carbocycles. The van der Waals surface area contributed by atoms with Crippen LogP contribution in [0.4, 0.5) is 0 Å². The minimum atomic E-state index is -0.685. The van der Waals surface area contributed by atoms with Gasteiger partial charge in [0, 0.05) is 27.2 Å². The lowest BCUT2D eigenvalue weighted by molar-refractivity contribution is 0.642. The molecule has 1 aliphatic heterocycles. The van der Waals surface area contributed by atoms with Gasteiger partial charge < -0.3 is 0 Å². The van der Waals surface area contributed by atoms with Gasteiger partial charge in [-0.05, 0) is 13.3 Å². The summed E-state index contributed by atoms with van der Waals surface area (Å²) in [6, 6.07) is 0. The molecule has 1 rings (SSSR count). The largest absolute Gasteiger partial charge is 0.259 e. The first kappa shape index (κ1) is 7.81. The predicted octanol–water partition coefficient (Wildman–Crippen LogP) is 1.17. The minimum absolute atomic E-state index is 0.208. The number of terminal acetylenes is 1. The first-order valence-electron chi connectivity index (χ1n) is 3.52. The van der Waals surface area contributed by atoms with Crippen molar-refractivity contribution in [3.63, 3.8) is 0 Å². The van der Waals surface area contributed by atoms with Crippen molar-refractivity contribution < 1.29 is 4.21 Å². The second-order valence-electron chi connectivity index (χ2n) is 2.85. The van der Waals surface area contributed by atoms with Crippen molar-refractivity contribution in [3.8, 4) is 12.3 Å². The first-order valence-corrected chi connectivity index (χ1v) is 4.80. The van der Waals surface area contributed by atoms with Gasteiger partial charge in [0.2, 0.25) is 0 Å². The third-order valence-corrected chi connectivity index (χ3v) is 4.18. The summed E-state index contributed by atoms with van der Waals surface area (Å²) in [5, 5.41) is 0.510. The average Bonchev–Trinajstić information content (AvgIpc) is 2.17. The van der Waals surface area contributed by atoms with Gasteiger partial charge in [0.1, 0.15) is 0 Å². The SMILES string of the molecule is C#CC1CC(C)S(=O)C1C. The molecule has 56 valence electrons. The van der Waals surface area contributed by atoms with E-state index in [-0.39, 0.29) is 11.2 Å². The number of hydrogen-bond acceptors (Lipinski definition) is 1. The van der Waals surface area contributed by atoms with Crippen LogP contribution >= 0.6 is 0 Å². The van der Waals surface area contributed by atoms with Crippen molar-refractivity contribution in [3.05, 3.63) is 0 Å². The summed E-state index contributed by atoms with van der Waals surface area (Å²) in [6.07, 6.45) is 6.20. The summed E-state index contributed by atoms with van der Waals surface area (Å²) in [5.74, 6) is 2.93. The van der Waals surface area contributed by atoms with Gasteiger partial charge in [-0.1, -0.05) is 6.92 Å². The zero-order valence-corrected chi connectivity index (χ0v) is 7.15. The van der Waals surface area contributed by atoms with Crippen molar-refractivity contribution in [2.24, 2.45) is 5.92 Å². The highest BCUT2D eigenvalue weighted by Crippen LogP contribution is 2.28. The number of hydrogen-bond donors (Lipinski definition) is 0. The molecule has 1 heterocycles. The molecule has 0 aliphatic carbocycles. The van der Waals surface area contributed by atoms with Crippen molar-refractivity contribution in [1.82, 2.24) is 0 Å². The maximum absolute atomic E-state index is 11.3. The van der Waals surface area contributed by atoms with Crippen molar-refractivity contribution in [2.75, 3.05) is 0 Å². The van der Waals surface area contributed by atoms with Gasteiger partial charge >= 0.3 is 0 Å². The lowest BCUT2D eigenvalue weighted by atomic mass is 10.0. The van der Waals surface area contributed by atoms with Crippen LogP contribution < -0.4 is 0 Å². The minimum Gasteiger partial charge on any atom is -0.259 e. The molecule has 4 atom stereocenters. The molecule has 4 unspecified atom stereocenters. The molecule has 0 bridgehead atoms. The maximum Gasteiger partial charge on any atom is 0.0460 e. The monoisotopic (exact) mass is 156 g/mol. The highest BCUT2D eigenvalue weighted by Gasteiger charge is 2.34. The molecule has 0 saturated carbocycles. The molecule has 10 heavy (non-hydrogen) atoms. The fraction of sp³-hybridized carbons (Fsp3) is 0.750. The van der Waals surface area contributed by atoms with Crippen LogP contribution in [0, 0.1) is 18.3 Å². The number of rotatable bonds is 0. The molecule has 0 aromatic heterocycles. The third kappa shape index (κ3) is 1.11. The Labute approximate surface area is 64.7 Å². The average molecular weight is 156 g/mol. The van der Waals surface area contributed by atoms with Gasteiger partial charge in [0.25, 0.3) is 0 Å². The van der Waals surface area contributed by atoms with Gasteiger partial charge in [0.15, 0.2) is 0 Å². The summed E-state index contributed by atoms with van der Waals surface area (Å²) in [4.78, 5) is 0. The van der Waals surface area contributed by atoms with Gasteiger partial charge in [-0.25, -0.2) is 0 Å². The van der Waals surface area contributed by atoms with Gasteiger partial charge in [-0.15, -0.1) is 12.3 Å². The van der Waals surface area contributed by atoms with Crippen LogP contribution in [0.5, 0.6) is 0 Å². The summed E-state index contributed by atoms with van der Waals surface area (Å²) in [6.45, 7) is 3.98. The molecule has 1 saturated heterocycles. The van der Waals surface area contributed by atoms with Gasteiger partial charge in [-0.2, -0.15) is 0 Å². The van der Waals surface area contributed by atoms with Gasteiger partial charge in [0.05, 0.1) is 0 Å². The quantitative estimate of drug-likeness (QED) is 0.481. The Morgan fingerprint density at radius 1 is 1.60 bits per heavy atom. The van der Waals surface area contributed by atoms with Crippen molar-refractivity contribution in [2.45, 2.75) is 30.8 Å². The second-order valence-corrected chi connectivity index (χ2v) is 5.06. The van der Waals surface area contributed by atoms with E-state index in [9.17, 15) is 4.21 Å². The fourth-order valence-electron chi connectivity index (χ4n) is 1.38. The summed E-state index contributed by atoms with van der Waals surface area (Å²) >= 11 is 0. The zero-order chi connectivity index (χ0) is 7.72. The molecule has 1 nitrogen and oxygen atoms in total. The molecule has 1 fully saturated rings. The maximum atomic E-state index is 11.3. The molecule has 0 radical (unpaired) electrons.